The van der Waals surface area contributed by atoms with E-state index in [1.807, 2.05) is 4.90 Å². The van der Waals surface area contributed by atoms with E-state index in [2.05, 4.69) is 19.2 Å². The molecule has 1 rings (SSSR count). The van der Waals surface area contributed by atoms with Crippen LogP contribution in [-0.4, -0.2) is 35.0 Å². The summed E-state index contributed by atoms with van der Waals surface area (Å²) < 4.78 is 0. The molecule has 1 N–H and O–H groups in total. The summed E-state index contributed by atoms with van der Waals surface area (Å²) >= 11 is 0. The fraction of sp³-hybridized carbons (Fsp3) is 0.750. The van der Waals surface area contributed by atoms with Crippen LogP contribution in [0.4, 0.5) is 0 Å². The van der Waals surface area contributed by atoms with Gasteiger partial charge >= 0.3 is 0 Å². The van der Waals surface area contributed by atoms with Crippen molar-refractivity contribution in [1.82, 2.24) is 10.2 Å². The van der Waals surface area contributed by atoms with Gasteiger partial charge in [-0.05, 0) is 13.8 Å². The third-order valence-corrected chi connectivity index (χ3v) is 1.98. The molecule has 0 aromatic carbocycles. The quantitative estimate of drug-likeness (QED) is 0.500. The van der Waals surface area contributed by atoms with Crippen LogP contribution in [0.15, 0.2) is 12.4 Å². The van der Waals surface area contributed by atoms with Gasteiger partial charge in [0, 0.05) is 25.2 Å². The van der Waals surface area contributed by atoms with Crippen molar-refractivity contribution in [2.45, 2.75) is 25.9 Å². The molecule has 0 bridgehead atoms. The van der Waals surface area contributed by atoms with Gasteiger partial charge in [0.15, 0.2) is 0 Å². The van der Waals surface area contributed by atoms with E-state index in [-0.39, 0.29) is 0 Å². The normalized spacial score (nSPS) is 29.5. The summed E-state index contributed by atoms with van der Waals surface area (Å²) in [6.07, 6.45) is 2.54. The number of nitro groups is 1. The van der Waals surface area contributed by atoms with E-state index >= 15 is 0 Å². The largest absolute Gasteiger partial charge is 0.369 e. The van der Waals surface area contributed by atoms with Crippen LogP contribution in [-0.2, 0) is 0 Å². The number of nitrogens with zero attached hydrogens (tertiary/aromatic N) is 2. The Morgan fingerprint density at radius 1 is 1.46 bits per heavy atom. The molecule has 0 aromatic heterocycles. The zero-order chi connectivity index (χ0) is 9.84. The Morgan fingerprint density at radius 2 is 2.00 bits per heavy atom. The summed E-state index contributed by atoms with van der Waals surface area (Å²) in [5, 5.41) is 13.4. The Bertz CT molecular complexity index is 207. The molecule has 5 nitrogen and oxygen atoms in total. The molecule has 0 aliphatic carbocycles. The zero-order valence-electron chi connectivity index (χ0n) is 7.93. The minimum Gasteiger partial charge on any atom is -0.369 e. The van der Waals surface area contributed by atoms with E-state index in [9.17, 15) is 10.1 Å². The van der Waals surface area contributed by atoms with Gasteiger partial charge in [0.25, 0.3) is 0 Å². The monoisotopic (exact) mass is 185 g/mol. The Kier molecular flexibility index (Phi) is 3.25. The second-order valence-corrected chi connectivity index (χ2v) is 3.51. The van der Waals surface area contributed by atoms with Crippen molar-refractivity contribution in [1.29, 1.82) is 0 Å². The SMILES string of the molecule is C[C@@H]1CN(/C=C/[N+](=O)[O-])C[C@H](C)N1. The minimum atomic E-state index is -0.433. The first-order chi connectivity index (χ1) is 6.08. The number of rotatable bonds is 2. The van der Waals surface area contributed by atoms with Crippen molar-refractivity contribution in [3.63, 3.8) is 0 Å². The van der Waals surface area contributed by atoms with Gasteiger partial charge in [0.05, 0.1) is 11.1 Å². The lowest BCUT2D eigenvalue weighted by Crippen LogP contribution is -2.52. The molecule has 0 radical (unpaired) electrons. The maximum Gasteiger partial charge on any atom is 0.250 e. The Balaban J connectivity index is 2.46. The highest BCUT2D eigenvalue weighted by Gasteiger charge is 2.18. The summed E-state index contributed by atoms with van der Waals surface area (Å²) in [6, 6.07) is 0.778. The smallest absolute Gasteiger partial charge is 0.250 e. The van der Waals surface area contributed by atoms with Crippen LogP contribution in [0.1, 0.15) is 13.8 Å². The molecule has 74 valence electrons. The van der Waals surface area contributed by atoms with E-state index in [0.717, 1.165) is 19.3 Å². The molecule has 13 heavy (non-hydrogen) atoms. The maximum atomic E-state index is 10.1. The molecular formula is C8H15N3O2. The molecule has 0 aromatic rings. The van der Waals surface area contributed by atoms with E-state index in [1.54, 1.807) is 6.20 Å². The highest BCUT2D eigenvalue weighted by Crippen LogP contribution is 2.03. The first-order valence-electron chi connectivity index (χ1n) is 4.40. The van der Waals surface area contributed by atoms with Crippen LogP contribution < -0.4 is 5.32 Å². The third-order valence-electron chi connectivity index (χ3n) is 1.98. The molecule has 1 heterocycles. The second-order valence-electron chi connectivity index (χ2n) is 3.51. The first kappa shape index (κ1) is 9.98. The Hall–Kier alpha value is -1.10. The summed E-state index contributed by atoms with van der Waals surface area (Å²) in [5.41, 5.74) is 0. The van der Waals surface area contributed by atoms with E-state index < -0.39 is 4.92 Å². The van der Waals surface area contributed by atoms with Gasteiger partial charge < -0.3 is 10.2 Å². The summed E-state index contributed by atoms with van der Waals surface area (Å²) in [6.45, 7) is 5.80. The average Bonchev–Trinajstić information content (AvgIpc) is 1.99. The van der Waals surface area contributed by atoms with Gasteiger partial charge in [0.1, 0.15) is 0 Å². The van der Waals surface area contributed by atoms with Crippen LogP contribution in [0, 0.1) is 10.1 Å². The highest BCUT2D eigenvalue weighted by atomic mass is 16.6. The number of nitrogens with one attached hydrogen (secondary N) is 1. The topological polar surface area (TPSA) is 58.4 Å². The lowest BCUT2D eigenvalue weighted by atomic mass is 10.2. The Labute approximate surface area is 77.6 Å². The lowest BCUT2D eigenvalue weighted by Gasteiger charge is -2.34. The predicted octanol–water partition coefficient (Wildman–Crippen LogP) is 0.417. The molecule has 2 atom stereocenters. The fourth-order valence-corrected chi connectivity index (χ4v) is 1.64. The summed E-state index contributed by atoms with van der Waals surface area (Å²) in [5.74, 6) is 0. The van der Waals surface area contributed by atoms with Gasteiger partial charge in [-0.3, -0.25) is 10.1 Å². The van der Waals surface area contributed by atoms with Crippen molar-refractivity contribution in [3.05, 3.63) is 22.5 Å². The molecule has 1 aliphatic rings. The average molecular weight is 185 g/mol. The van der Waals surface area contributed by atoms with Crippen LogP contribution in [0.2, 0.25) is 0 Å². The molecule has 0 amide bonds. The van der Waals surface area contributed by atoms with Crippen molar-refractivity contribution in [3.8, 4) is 0 Å². The molecule has 0 spiro atoms. The summed E-state index contributed by atoms with van der Waals surface area (Å²) in [7, 11) is 0. The molecular weight excluding hydrogens is 170 g/mol. The van der Waals surface area contributed by atoms with Crippen molar-refractivity contribution in [2.75, 3.05) is 13.1 Å². The third kappa shape index (κ3) is 3.42. The number of hydrogen-bond donors (Lipinski definition) is 1. The summed E-state index contributed by atoms with van der Waals surface area (Å²) in [4.78, 5) is 11.6. The number of piperazine rings is 1. The lowest BCUT2D eigenvalue weighted by molar-refractivity contribution is -0.403. The van der Waals surface area contributed by atoms with Gasteiger partial charge in [0.2, 0.25) is 6.20 Å². The van der Waals surface area contributed by atoms with Gasteiger partial charge in [-0.1, -0.05) is 0 Å². The predicted molar refractivity (Wildman–Crippen MR) is 49.8 cm³/mol. The molecule has 1 fully saturated rings. The van der Waals surface area contributed by atoms with Crippen molar-refractivity contribution >= 4 is 0 Å². The molecule has 0 unspecified atom stereocenters. The van der Waals surface area contributed by atoms with Gasteiger partial charge in [-0.2, -0.15) is 0 Å². The molecule has 0 saturated carbocycles. The van der Waals surface area contributed by atoms with Crippen LogP contribution in [0.3, 0.4) is 0 Å². The molecule has 1 saturated heterocycles. The van der Waals surface area contributed by atoms with Crippen molar-refractivity contribution in [2.24, 2.45) is 0 Å². The van der Waals surface area contributed by atoms with E-state index in [4.69, 9.17) is 0 Å². The van der Waals surface area contributed by atoms with Crippen LogP contribution in [0.5, 0.6) is 0 Å². The highest BCUT2D eigenvalue weighted by molar-refractivity contribution is 4.87. The standard InChI is InChI=1S/C8H15N3O2/c1-7-5-10(3-4-11(12)13)6-8(2)9-7/h3-4,7-9H,5-6H2,1-2H3/b4-3+/t7-,8+. The molecule has 1 aliphatic heterocycles. The van der Waals surface area contributed by atoms with Crippen molar-refractivity contribution < 1.29 is 4.92 Å². The van der Waals surface area contributed by atoms with Crippen LogP contribution >= 0.6 is 0 Å². The zero-order valence-corrected chi connectivity index (χ0v) is 7.93. The number of hydrogen-bond acceptors (Lipinski definition) is 4. The fourth-order valence-electron chi connectivity index (χ4n) is 1.64. The van der Waals surface area contributed by atoms with Gasteiger partial charge in [-0.25, -0.2) is 0 Å². The van der Waals surface area contributed by atoms with Crippen LogP contribution in [0.25, 0.3) is 0 Å². The minimum absolute atomic E-state index is 0.389. The second kappa shape index (κ2) is 4.23. The first-order valence-corrected chi connectivity index (χ1v) is 4.40. The van der Waals surface area contributed by atoms with E-state index in [1.165, 1.54) is 0 Å². The Morgan fingerprint density at radius 3 is 2.46 bits per heavy atom. The van der Waals surface area contributed by atoms with Gasteiger partial charge in [-0.15, -0.1) is 0 Å². The molecule has 5 heteroatoms. The maximum absolute atomic E-state index is 10.1. The van der Waals surface area contributed by atoms with E-state index in [0.29, 0.717) is 12.1 Å².